The van der Waals surface area contributed by atoms with E-state index in [-0.39, 0.29) is 0 Å². The first kappa shape index (κ1) is 15.5. The topological polar surface area (TPSA) is 0 Å². The van der Waals surface area contributed by atoms with E-state index in [1.807, 2.05) is 0 Å². The van der Waals surface area contributed by atoms with Crippen molar-refractivity contribution in [2.45, 2.75) is 40.5 Å². The molecule has 0 saturated carbocycles. The molecule has 1 aromatic rings. The first-order chi connectivity index (χ1) is 9.21. The Labute approximate surface area is 118 Å². The summed E-state index contributed by atoms with van der Waals surface area (Å²) in [7, 11) is 0. The molecule has 102 valence electrons. The predicted molar refractivity (Wildman–Crippen MR) is 88.0 cm³/mol. The van der Waals surface area contributed by atoms with Gasteiger partial charge in [0.1, 0.15) is 0 Å². The lowest BCUT2D eigenvalue weighted by molar-refractivity contribution is 0.636. The van der Waals surface area contributed by atoms with Crippen LogP contribution in [0, 0.1) is 5.92 Å². The molecule has 0 aliphatic rings. The maximum Gasteiger partial charge on any atom is -0.0187 e. The third-order valence-corrected chi connectivity index (χ3v) is 3.26. The van der Waals surface area contributed by atoms with Crippen molar-refractivity contribution in [2.24, 2.45) is 5.92 Å². The molecule has 0 heterocycles. The number of hydrogen-bond acceptors (Lipinski definition) is 0. The highest BCUT2D eigenvalue weighted by molar-refractivity contribution is 5.74. The predicted octanol–water partition coefficient (Wildman–Crippen LogP) is 6.12. The summed E-state index contributed by atoms with van der Waals surface area (Å²) in [6.45, 7) is 8.64. The van der Waals surface area contributed by atoms with Crippen LogP contribution in [0.3, 0.4) is 0 Å². The van der Waals surface area contributed by atoms with Gasteiger partial charge in [-0.15, -0.1) is 0 Å². The zero-order chi connectivity index (χ0) is 14.1. The average molecular weight is 254 g/mol. The van der Waals surface area contributed by atoms with E-state index in [4.69, 9.17) is 0 Å². The Morgan fingerprint density at radius 1 is 1.16 bits per heavy atom. The molecule has 19 heavy (non-hydrogen) atoms. The molecule has 0 radical (unpaired) electrons. The molecule has 0 aliphatic carbocycles. The van der Waals surface area contributed by atoms with Crippen LogP contribution in [0.25, 0.3) is 11.6 Å². The Balaban J connectivity index is 2.76. The van der Waals surface area contributed by atoms with E-state index in [2.05, 4.69) is 82.3 Å². The Kier molecular flexibility index (Phi) is 6.95. The fraction of sp³-hybridized carbons (Fsp3) is 0.368. The van der Waals surface area contributed by atoms with Crippen molar-refractivity contribution < 1.29 is 0 Å². The second-order valence-electron chi connectivity index (χ2n) is 4.99. The maximum absolute atomic E-state index is 2.31. The summed E-state index contributed by atoms with van der Waals surface area (Å²) in [4.78, 5) is 0. The summed E-state index contributed by atoms with van der Waals surface area (Å²) in [6, 6.07) is 8.77. The summed E-state index contributed by atoms with van der Waals surface area (Å²) in [5, 5.41) is 0. The molecule has 1 aromatic carbocycles. The zero-order valence-electron chi connectivity index (χ0n) is 12.7. The van der Waals surface area contributed by atoms with Crippen LogP contribution in [0.2, 0.25) is 0 Å². The summed E-state index contributed by atoms with van der Waals surface area (Å²) in [5.41, 5.74) is 3.83. The van der Waals surface area contributed by atoms with Crippen molar-refractivity contribution in [1.29, 1.82) is 0 Å². The smallest absolute Gasteiger partial charge is 0.0187 e. The number of rotatable bonds is 6. The van der Waals surface area contributed by atoms with Gasteiger partial charge in [-0.3, -0.25) is 0 Å². The first-order valence-corrected chi connectivity index (χ1v) is 7.28. The lowest BCUT2D eigenvalue weighted by atomic mass is 10.0. The second-order valence-corrected chi connectivity index (χ2v) is 4.99. The van der Waals surface area contributed by atoms with Gasteiger partial charge in [0.15, 0.2) is 0 Å². The zero-order valence-corrected chi connectivity index (χ0v) is 12.7. The van der Waals surface area contributed by atoms with Crippen LogP contribution >= 0.6 is 0 Å². The highest BCUT2D eigenvalue weighted by Crippen LogP contribution is 2.18. The molecule has 1 rings (SSSR count). The van der Waals surface area contributed by atoms with Gasteiger partial charge >= 0.3 is 0 Å². The van der Waals surface area contributed by atoms with Crippen LogP contribution < -0.4 is 0 Å². The van der Waals surface area contributed by atoms with E-state index in [1.54, 1.807) is 0 Å². The standard InChI is InChI=1S/C19H26/c1-5-8-16(4)10-11-17-12-14-19(15-13-17)18(7-3)9-6-2/h6-7,9-16H,5,8H2,1-4H3/b9-6-,11-10+,18-7+. The minimum absolute atomic E-state index is 0.666. The summed E-state index contributed by atoms with van der Waals surface area (Å²) < 4.78 is 0. The van der Waals surface area contributed by atoms with Crippen LogP contribution in [-0.2, 0) is 0 Å². The van der Waals surface area contributed by atoms with E-state index in [0.29, 0.717) is 5.92 Å². The molecular formula is C19H26. The van der Waals surface area contributed by atoms with Crippen molar-refractivity contribution in [1.82, 2.24) is 0 Å². The molecule has 1 atom stereocenters. The molecule has 0 spiro atoms. The Bertz CT molecular complexity index is 443. The van der Waals surface area contributed by atoms with E-state index in [9.17, 15) is 0 Å². The van der Waals surface area contributed by atoms with Crippen molar-refractivity contribution in [3.8, 4) is 0 Å². The Morgan fingerprint density at radius 3 is 2.37 bits per heavy atom. The molecule has 1 unspecified atom stereocenters. The van der Waals surface area contributed by atoms with Crippen LogP contribution in [0.15, 0.2) is 48.6 Å². The van der Waals surface area contributed by atoms with Crippen LogP contribution in [0.5, 0.6) is 0 Å². The van der Waals surface area contributed by atoms with E-state index in [1.165, 1.54) is 29.5 Å². The normalized spacial score (nSPS) is 14.4. The minimum Gasteiger partial charge on any atom is -0.0871 e. The SMILES string of the molecule is C/C=C\C(=C/C)c1ccc(/C=C/C(C)CCC)cc1. The molecule has 0 N–H and O–H groups in total. The van der Waals surface area contributed by atoms with E-state index >= 15 is 0 Å². The van der Waals surface area contributed by atoms with Crippen LogP contribution in [-0.4, -0.2) is 0 Å². The van der Waals surface area contributed by atoms with Gasteiger partial charge in [0.05, 0.1) is 0 Å². The molecule has 0 bridgehead atoms. The van der Waals surface area contributed by atoms with Crippen molar-refractivity contribution in [2.75, 3.05) is 0 Å². The maximum atomic E-state index is 2.31. The highest BCUT2D eigenvalue weighted by Gasteiger charge is 1.97. The van der Waals surface area contributed by atoms with Gasteiger partial charge in [-0.2, -0.15) is 0 Å². The first-order valence-electron chi connectivity index (χ1n) is 7.28. The van der Waals surface area contributed by atoms with E-state index < -0.39 is 0 Å². The van der Waals surface area contributed by atoms with Crippen LogP contribution in [0.1, 0.15) is 51.7 Å². The monoisotopic (exact) mass is 254 g/mol. The fourth-order valence-corrected chi connectivity index (χ4v) is 2.15. The van der Waals surface area contributed by atoms with Crippen molar-refractivity contribution in [3.05, 3.63) is 59.7 Å². The van der Waals surface area contributed by atoms with Crippen molar-refractivity contribution in [3.63, 3.8) is 0 Å². The summed E-state index contributed by atoms with van der Waals surface area (Å²) in [5.74, 6) is 0.666. The van der Waals surface area contributed by atoms with Gasteiger partial charge in [-0.25, -0.2) is 0 Å². The molecule has 0 heteroatoms. The average Bonchev–Trinajstić information content (AvgIpc) is 2.43. The molecule has 0 aliphatic heterocycles. The van der Waals surface area contributed by atoms with E-state index in [0.717, 1.165) is 0 Å². The quantitative estimate of drug-likeness (QED) is 0.537. The largest absolute Gasteiger partial charge is 0.0871 e. The van der Waals surface area contributed by atoms with Crippen LogP contribution in [0.4, 0.5) is 0 Å². The molecule has 0 amide bonds. The number of allylic oxidation sites excluding steroid dienone is 5. The molecule has 0 fully saturated rings. The molecule has 0 aromatic heterocycles. The lowest BCUT2D eigenvalue weighted by Gasteiger charge is -2.04. The number of benzene rings is 1. The van der Waals surface area contributed by atoms with Crippen molar-refractivity contribution >= 4 is 11.6 Å². The second kappa shape index (κ2) is 8.53. The Hall–Kier alpha value is -1.56. The number of hydrogen-bond donors (Lipinski definition) is 0. The molecular weight excluding hydrogens is 228 g/mol. The van der Waals surface area contributed by atoms with Gasteiger partial charge < -0.3 is 0 Å². The van der Waals surface area contributed by atoms with Gasteiger partial charge in [0, 0.05) is 0 Å². The summed E-state index contributed by atoms with van der Waals surface area (Å²) >= 11 is 0. The molecule has 0 nitrogen and oxygen atoms in total. The third kappa shape index (κ3) is 5.30. The fourth-order valence-electron chi connectivity index (χ4n) is 2.15. The molecule has 0 saturated heterocycles. The minimum atomic E-state index is 0.666. The van der Waals surface area contributed by atoms with Gasteiger partial charge in [-0.1, -0.05) is 74.9 Å². The highest BCUT2D eigenvalue weighted by atomic mass is 14.0. The van der Waals surface area contributed by atoms with Gasteiger partial charge in [0.25, 0.3) is 0 Å². The summed E-state index contributed by atoms with van der Waals surface area (Å²) in [6.07, 6.45) is 13.4. The van der Waals surface area contributed by atoms with Gasteiger partial charge in [0.2, 0.25) is 0 Å². The lowest BCUT2D eigenvalue weighted by Crippen LogP contribution is -1.87. The Morgan fingerprint density at radius 2 is 1.84 bits per heavy atom. The third-order valence-electron chi connectivity index (χ3n) is 3.26. The van der Waals surface area contributed by atoms with Gasteiger partial charge in [-0.05, 0) is 42.9 Å².